The predicted octanol–water partition coefficient (Wildman–Crippen LogP) is 2.51. The van der Waals surface area contributed by atoms with Crippen molar-refractivity contribution in [3.8, 4) is 11.4 Å². The first-order chi connectivity index (χ1) is 11.6. The molecule has 24 heavy (non-hydrogen) atoms. The molecule has 0 fully saturated rings. The molecule has 0 aliphatic heterocycles. The molecule has 1 aromatic heterocycles. The highest BCUT2D eigenvalue weighted by Crippen LogP contribution is 2.19. The number of benzene rings is 1. The molecule has 0 spiro atoms. The number of rotatable bonds is 4. The van der Waals surface area contributed by atoms with Gasteiger partial charge < -0.3 is 15.7 Å². The number of hydrogen-bond donors (Lipinski definition) is 3. The molecule has 6 nitrogen and oxygen atoms in total. The lowest BCUT2D eigenvalue weighted by Gasteiger charge is -2.13. The van der Waals surface area contributed by atoms with E-state index in [4.69, 9.17) is 5.11 Å². The SMILES string of the molecule is Cc1ccnc(-c2ccc(NC(=O)N[C@@H]3C=C[C@H](CO)C3)cc2)n1. The summed E-state index contributed by atoms with van der Waals surface area (Å²) < 4.78 is 0. The van der Waals surface area contributed by atoms with Crippen LogP contribution in [-0.2, 0) is 0 Å². The van der Waals surface area contributed by atoms with Crippen LogP contribution in [0.5, 0.6) is 0 Å². The first-order valence-electron chi connectivity index (χ1n) is 7.91. The quantitative estimate of drug-likeness (QED) is 0.754. The van der Waals surface area contributed by atoms with Gasteiger partial charge in [-0.1, -0.05) is 12.2 Å². The lowest BCUT2D eigenvalue weighted by Crippen LogP contribution is -2.36. The van der Waals surface area contributed by atoms with Gasteiger partial charge in [0.05, 0.1) is 0 Å². The van der Waals surface area contributed by atoms with Crippen LogP contribution in [0.3, 0.4) is 0 Å². The molecule has 0 saturated heterocycles. The van der Waals surface area contributed by atoms with Crippen LogP contribution in [0.4, 0.5) is 10.5 Å². The van der Waals surface area contributed by atoms with Crippen LogP contribution in [0.2, 0.25) is 0 Å². The number of carbonyl (C=O) groups excluding carboxylic acids is 1. The standard InChI is InChI=1S/C18H20N4O2/c1-12-8-9-19-17(20-12)14-3-6-15(7-4-14)21-18(24)22-16-5-2-13(10-16)11-23/h2-9,13,16,23H,10-11H2,1H3,(H2,21,22,24)/t13-,16+/m0/s1. The third-order valence-electron chi connectivity index (χ3n) is 3.92. The molecule has 2 amide bonds. The van der Waals surface area contributed by atoms with Crippen molar-refractivity contribution in [2.75, 3.05) is 11.9 Å². The minimum Gasteiger partial charge on any atom is -0.396 e. The van der Waals surface area contributed by atoms with E-state index in [1.54, 1.807) is 6.20 Å². The lowest BCUT2D eigenvalue weighted by atomic mass is 10.1. The number of urea groups is 1. The number of aliphatic hydroxyl groups excluding tert-OH is 1. The number of amides is 2. The maximum Gasteiger partial charge on any atom is 0.319 e. The van der Waals surface area contributed by atoms with Crippen molar-refractivity contribution in [3.05, 3.63) is 54.4 Å². The van der Waals surface area contributed by atoms with Gasteiger partial charge in [-0.05, 0) is 43.7 Å². The number of aromatic nitrogens is 2. The van der Waals surface area contributed by atoms with Crippen LogP contribution in [-0.4, -0.2) is 33.8 Å². The van der Waals surface area contributed by atoms with E-state index in [1.807, 2.05) is 49.4 Å². The number of nitrogens with zero attached hydrogens (tertiary/aromatic N) is 2. The molecule has 1 aromatic carbocycles. The van der Waals surface area contributed by atoms with Crippen LogP contribution >= 0.6 is 0 Å². The molecule has 0 bridgehead atoms. The van der Waals surface area contributed by atoms with Crippen LogP contribution in [0.25, 0.3) is 11.4 Å². The summed E-state index contributed by atoms with van der Waals surface area (Å²) in [5.41, 5.74) is 2.51. The Morgan fingerprint density at radius 3 is 2.71 bits per heavy atom. The third kappa shape index (κ3) is 3.97. The summed E-state index contributed by atoms with van der Waals surface area (Å²) in [6.07, 6.45) is 6.31. The van der Waals surface area contributed by atoms with Crippen molar-refractivity contribution in [1.29, 1.82) is 0 Å². The Kier molecular flexibility index (Phi) is 4.86. The molecule has 0 radical (unpaired) electrons. The average Bonchev–Trinajstić information content (AvgIpc) is 3.03. The Balaban J connectivity index is 1.58. The van der Waals surface area contributed by atoms with Crippen molar-refractivity contribution in [2.45, 2.75) is 19.4 Å². The monoisotopic (exact) mass is 324 g/mol. The fraction of sp³-hybridized carbons (Fsp3) is 0.278. The molecular weight excluding hydrogens is 304 g/mol. The van der Waals surface area contributed by atoms with Gasteiger partial charge in [0.25, 0.3) is 0 Å². The highest BCUT2D eigenvalue weighted by molar-refractivity contribution is 5.89. The predicted molar refractivity (Wildman–Crippen MR) is 92.5 cm³/mol. The molecular formula is C18H20N4O2. The zero-order chi connectivity index (χ0) is 16.9. The topological polar surface area (TPSA) is 87.1 Å². The molecule has 6 heteroatoms. The van der Waals surface area contributed by atoms with Gasteiger partial charge in [-0.3, -0.25) is 0 Å². The van der Waals surface area contributed by atoms with Crippen molar-refractivity contribution < 1.29 is 9.90 Å². The Morgan fingerprint density at radius 1 is 1.25 bits per heavy atom. The zero-order valence-electron chi connectivity index (χ0n) is 13.4. The van der Waals surface area contributed by atoms with Crippen LogP contribution in [0.1, 0.15) is 12.1 Å². The first-order valence-corrected chi connectivity index (χ1v) is 7.91. The summed E-state index contributed by atoms with van der Waals surface area (Å²) in [6, 6.07) is 8.94. The van der Waals surface area contributed by atoms with Gasteiger partial charge in [0.2, 0.25) is 0 Å². The van der Waals surface area contributed by atoms with Gasteiger partial charge in [0.1, 0.15) is 0 Å². The number of carbonyl (C=O) groups is 1. The van der Waals surface area contributed by atoms with Crippen LogP contribution in [0.15, 0.2) is 48.7 Å². The van der Waals surface area contributed by atoms with Crippen LogP contribution < -0.4 is 10.6 Å². The van der Waals surface area contributed by atoms with Crippen molar-refractivity contribution in [2.24, 2.45) is 5.92 Å². The maximum atomic E-state index is 12.0. The number of aliphatic hydroxyl groups is 1. The second-order valence-corrected chi connectivity index (χ2v) is 5.87. The Morgan fingerprint density at radius 2 is 2.04 bits per heavy atom. The summed E-state index contributed by atoms with van der Waals surface area (Å²) in [5, 5.41) is 14.8. The summed E-state index contributed by atoms with van der Waals surface area (Å²) in [5.74, 6) is 0.793. The maximum absolute atomic E-state index is 12.0. The lowest BCUT2D eigenvalue weighted by molar-refractivity contribution is 0.238. The normalized spacial score (nSPS) is 19.2. The molecule has 124 valence electrons. The van der Waals surface area contributed by atoms with E-state index >= 15 is 0 Å². The molecule has 1 aliphatic carbocycles. The van der Waals surface area contributed by atoms with Gasteiger partial charge in [0.15, 0.2) is 5.82 Å². The second-order valence-electron chi connectivity index (χ2n) is 5.87. The summed E-state index contributed by atoms with van der Waals surface area (Å²) >= 11 is 0. The molecule has 3 N–H and O–H groups in total. The van der Waals surface area contributed by atoms with Crippen molar-refractivity contribution >= 4 is 11.7 Å². The number of aryl methyl sites for hydroxylation is 1. The average molecular weight is 324 g/mol. The highest BCUT2D eigenvalue weighted by atomic mass is 16.3. The van der Waals surface area contributed by atoms with E-state index in [0.29, 0.717) is 11.5 Å². The molecule has 0 saturated carbocycles. The molecule has 3 rings (SSSR count). The molecule has 1 aliphatic rings. The minimum atomic E-state index is -0.261. The zero-order valence-corrected chi connectivity index (χ0v) is 13.4. The second kappa shape index (κ2) is 7.23. The van der Waals surface area contributed by atoms with E-state index in [1.165, 1.54) is 0 Å². The Bertz CT molecular complexity index is 743. The van der Waals surface area contributed by atoms with Gasteiger partial charge in [0, 0.05) is 41.7 Å². The number of anilines is 1. The van der Waals surface area contributed by atoms with Gasteiger partial charge in [-0.2, -0.15) is 0 Å². The molecule has 2 atom stereocenters. The van der Waals surface area contributed by atoms with E-state index < -0.39 is 0 Å². The largest absolute Gasteiger partial charge is 0.396 e. The Hall–Kier alpha value is -2.73. The van der Waals surface area contributed by atoms with Crippen molar-refractivity contribution in [3.63, 3.8) is 0 Å². The summed E-state index contributed by atoms with van der Waals surface area (Å²) in [6.45, 7) is 2.03. The fourth-order valence-electron chi connectivity index (χ4n) is 2.64. The smallest absolute Gasteiger partial charge is 0.319 e. The first kappa shape index (κ1) is 16.1. The van der Waals surface area contributed by atoms with Crippen molar-refractivity contribution in [1.82, 2.24) is 15.3 Å². The fourth-order valence-corrected chi connectivity index (χ4v) is 2.64. The number of hydrogen-bond acceptors (Lipinski definition) is 4. The summed E-state index contributed by atoms with van der Waals surface area (Å²) in [7, 11) is 0. The van der Waals surface area contributed by atoms with E-state index in [0.717, 1.165) is 17.7 Å². The van der Waals surface area contributed by atoms with Crippen LogP contribution in [0, 0.1) is 12.8 Å². The van der Waals surface area contributed by atoms with E-state index in [9.17, 15) is 4.79 Å². The molecule has 2 aromatic rings. The van der Waals surface area contributed by atoms with Gasteiger partial charge in [-0.15, -0.1) is 0 Å². The third-order valence-corrected chi connectivity index (χ3v) is 3.92. The number of nitrogens with one attached hydrogen (secondary N) is 2. The van der Waals surface area contributed by atoms with E-state index in [-0.39, 0.29) is 24.6 Å². The summed E-state index contributed by atoms with van der Waals surface area (Å²) in [4.78, 5) is 20.6. The minimum absolute atomic E-state index is 0.0397. The highest BCUT2D eigenvalue weighted by Gasteiger charge is 2.19. The molecule has 1 heterocycles. The van der Waals surface area contributed by atoms with E-state index in [2.05, 4.69) is 20.6 Å². The Labute approximate surface area is 140 Å². The van der Waals surface area contributed by atoms with Gasteiger partial charge >= 0.3 is 6.03 Å². The van der Waals surface area contributed by atoms with Gasteiger partial charge in [-0.25, -0.2) is 14.8 Å². The molecule has 0 unspecified atom stereocenters.